The van der Waals surface area contributed by atoms with Crippen LogP contribution >= 0.6 is 56.8 Å². The average Bonchev–Trinajstić information content (AvgIpc) is 3.20. The minimum Gasteiger partial charge on any atom is -0.492 e. The zero-order valence-electron chi connectivity index (χ0n) is 19.9. The highest BCUT2D eigenvalue weighted by atomic mass is 127. The van der Waals surface area contributed by atoms with Crippen molar-refractivity contribution in [3.8, 4) is 11.5 Å². The lowest BCUT2D eigenvalue weighted by Crippen LogP contribution is -2.25. The van der Waals surface area contributed by atoms with Crippen LogP contribution in [-0.2, 0) is 18.6 Å². The Morgan fingerprint density at radius 3 is 2.34 bits per heavy atom. The fourth-order valence-corrected chi connectivity index (χ4v) is 4.75. The molecule has 0 radical (unpaired) electrons. The van der Waals surface area contributed by atoms with Crippen molar-refractivity contribution < 1.29 is 19.7 Å². The first-order chi connectivity index (χ1) is 16.6. The first kappa shape index (κ1) is 28.4. The van der Waals surface area contributed by atoms with E-state index in [4.69, 9.17) is 21.1 Å². The van der Waals surface area contributed by atoms with Gasteiger partial charge in [-0.15, -0.1) is 16.7 Å². The van der Waals surface area contributed by atoms with Crippen molar-refractivity contribution in [3.05, 3.63) is 66.6 Å². The minimum absolute atomic E-state index is 0.120. The number of aliphatic hydroxyl groups is 2. The fraction of sp³-hybridized carbons (Fsp3) is 0.440. The third-order valence-electron chi connectivity index (χ3n) is 5.73. The molecule has 0 unspecified atom stereocenters. The summed E-state index contributed by atoms with van der Waals surface area (Å²) in [6.45, 7) is 7.22. The molecular formula is C25H30ClI2N3O4. The van der Waals surface area contributed by atoms with E-state index < -0.39 is 6.10 Å². The van der Waals surface area contributed by atoms with Crippen LogP contribution in [0.25, 0.3) is 0 Å². The van der Waals surface area contributed by atoms with E-state index in [1.807, 2.05) is 18.2 Å². The van der Waals surface area contributed by atoms with Gasteiger partial charge in [0.05, 0.1) is 23.3 Å². The fourth-order valence-electron chi connectivity index (χ4n) is 3.41. The van der Waals surface area contributed by atoms with Gasteiger partial charge in [-0.3, -0.25) is 0 Å². The molecule has 2 aromatic carbocycles. The molecular weight excluding hydrogens is 696 g/mol. The van der Waals surface area contributed by atoms with E-state index in [9.17, 15) is 10.2 Å². The zero-order chi connectivity index (χ0) is 25.6. The minimum atomic E-state index is -0.761. The second kappa shape index (κ2) is 12.9. The van der Waals surface area contributed by atoms with E-state index in [-0.39, 0.29) is 25.2 Å². The monoisotopic (exact) mass is 725 g/mol. The van der Waals surface area contributed by atoms with E-state index >= 15 is 0 Å². The normalized spacial score (nSPS) is 13.5. The molecule has 0 aliphatic carbocycles. The topological polar surface area (TPSA) is 89.6 Å². The second-order valence-electron chi connectivity index (χ2n) is 9.00. The van der Waals surface area contributed by atoms with Gasteiger partial charge in [0.25, 0.3) is 0 Å². The van der Waals surface area contributed by atoms with Gasteiger partial charge in [0.2, 0.25) is 0 Å². The van der Waals surface area contributed by atoms with Crippen LogP contribution in [0.2, 0.25) is 0 Å². The summed E-state index contributed by atoms with van der Waals surface area (Å²) in [5.41, 5.74) is 2.62. The number of rotatable bonds is 12. The highest BCUT2D eigenvalue weighted by Gasteiger charge is 2.24. The Hall–Kier alpha value is -1.15. The Bertz CT molecular complexity index is 1110. The highest BCUT2D eigenvalue weighted by Crippen LogP contribution is 2.35. The number of aliphatic hydroxyl groups excluding tert-OH is 2. The first-order valence-electron chi connectivity index (χ1n) is 11.2. The number of alkyl halides is 1. The van der Waals surface area contributed by atoms with E-state index in [0.29, 0.717) is 33.5 Å². The Labute approximate surface area is 238 Å². The largest absolute Gasteiger partial charge is 0.492 e. The molecule has 0 saturated heterocycles. The van der Waals surface area contributed by atoms with Crippen LogP contribution in [0.1, 0.15) is 37.6 Å². The van der Waals surface area contributed by atoms with Gasteiger partial charge in [-0.05, 0) is 80.6 Å². The lowest BCUT2D eigenvalue weighted by atomic mass is 9.78. The smallest absolute Gasteiger partial charge is 0.132 e. The highest BCUT2D eigenvalue weighted by molar-refractivity contribution is 14.1. The molecule has 0 spiro atoms. The Morgan fingerprint density at radius 2 is 1.74 bits per heavy atom. The molecule has 0 saturated carbocycles. The molecule has 2 N–H and O–H groups in total. The number of benzene rings is 2. The summed E-state index contributed by atoms with van der Waals surface area (Å²) in [5, 5.41) is 27.4. The quantitative estimate of drug-likeness (QED) is 0.202. The summed E-state index contributed by atoms with van der Waals surface area (Å²) in [4.78, 5) is 0. The molecule has 2 atom stereocenters. The van der Waals surface area contributed by atoms with Crippen molar-refractivity contribution in [2.75, 3.05) is 19.1 Å². The summed E-state index contributed by atoms with van der Waals surface area (Å²) in [5.74, 6) is 2.43. The molecule has 1 aromatic heterocycles. The van der Waals surface area contributed by atoms with Crippen LogP contribution in [0.15, 0.2) is 42.5 Å². The molecule has 10 heteroatoms. The standard InChI is InChI=1S/C25H30ClI2N3O4/c1-16(11-26)14-35-23-9-6-18(10-21(23)27)25(2,3)17-4-7-20(8-5-17)34-15-19(33)12-31-24(28)22(13-32)29-30-31/h4-10,16,19,32-33H,11-15H2,1-3H3/t16-,19+/m0/s1. The second-order valence-corrected chi connectivity index (χ2v) is 11.5. The van der Waals surface area contributed by atoms with Crippen LogP contribution in [0.3, 0.4) is 0 Å². The third kappa shape index (κ3) is 7.43. The molecule has 0 aliphatic rings. The van der Waals surface area contributed by atoms with Crippen molar-refractivity contribution in [2.45, 2.75) is 45.4 Å². The van der Waals surface area contributed by atoms with E-state index in [1.165, 1.54) is 5.56 Å². The van der Waals surface area contributed by atoms with Crippen molar-refractivity contribution in [1.82, 2.24) is 15.0 Å². The van der Waals surface area contributed by atoms with Gasteiger partial charge in [-0.2, -0.15) is 0 Å². The van der Waals surface area contributed by atoms with Gasteiger partial charge in [0.15, 0.2) is 0 Å². The van der Waals surface area contributed by atoms with E-state index in [0.717, 1.165) is 14.9 Å². The van der Waals surface area contributed by atoms with Gasteiger partial charge in [-0.1, -0.05) is 44.2 Å². The number of hydrogen-bond acceptors (Lipinski definition) is 6. The SMILES string of the molecule is C[C@@H](CCl)COc1ccc(C(C)(C)c2ccc(OC[C@H](O)Cn3nnc(CO)c3I)cc2)cc1I. The zero-order valence-corrected chi connectivity index (χ0v) is 25.0. The Balaban J connectivity index is 1.60. The molecule has 3 rings (SSSR count). The van der Waals surface area contributed by atoms with Gasteiger partial charge in [0.1, 0.15) is 33.6 Å². The number of ether oxygens (including phenoxy) is 2. The lowest BCUT2D eigenvalue weighted by Gasteiger charge is -2.27. The van der Waals surface area contributed by atoms with Gasteiger partial charge in [0, 0.05) is 17.2 Å². The molecule has 0 fully saturated rings. The summed E-state index contributed by atoms with van der Waals surface area (Å²) in [6, 6.07) is 14.2. The van der Waals surface area contributed by atoms with Gasteiger partial charge in [-0.25, -0.2) is 4.68 Å². The summed E-state index contributed by atoms with van der Waals surface area (Å²) in [6.07, 6.45) is -0.761. The maximum Gasteiger partial charge on any atom is 0.132 e. The summed E-state index contributed by atoms with van der Waals surface area (Å²) >= 11 is 10.3. The van der Waals surface area contributed by atoms with Crippen LogP contribution in [0.4, 0.5) is 0 Å². The van der Waals surface area contributed by atoms with Crippen LogP contribution in [0.5, 0.6) is 11.5 Å². The molecule has 0 bridgehead atoms. The number of aromatic nitrogens is 3. The predicted octanol–water partition coefficient (Wildman–Crippen LogP) is 5.00. The van der Waals surface area contributed by atoms with Crippen molar-refractivity contribution in [2.24, 2.45) is 5.92 Å². The van der Waals surface area contributed by atoms with Crippen LogP contribution in [0, 0.1) is 13.2 Å². The van der Waals surface area contributed by atoms with E-state index in [2.05, 4.69) is 101 Å². The van der Waals surface area contributed by atoms with Crippen molar-refractivity contribution >= 4 is 56.8 Å². The van der Waals surface area contributed by atoms with Gasteiger partial charge < -0.3 is 19.7 Å². The number of halogens is 3. The van der Waals surface area contributed by atoms with Crippen molar-refractivity contribution in [3.63, 3.8) is 0 Å². The molecule has 0 aliphatic heterocycles. The maximum absolute atomic E-state index is 10.3. The molecule has 1 heterocycles. The number of hydrogen-bond donors (Lipinski definition) is 2. The number of nitrogens with zero attached hydrogens (tertiary/aromatic N) is 3. The molecule has 190 valence electrons. The van der Waals surface area contributed by atoms with Crippen LogP contribution in [-0.4, -0.2) is 50.4 Å². The summed E-state index contributed by atoms with van der Waals surface area (Å²) in [7, 11) is 0. The molecule has 0 amide bonds. The average molecular weight is 726 g/mol. The van der Waals surface area contributed by atoms with Gasteiger partial charge >= 0.3 is 0 Å². The Morgan fingerprint density at radius 1 is 1.06 bits per heavy atom. The first-order valence-corrected chi connectivity index (χ1v) is 13.9. The third-order valence-corrected chi connectivity index (χ3v) is 8.28. The van der Waals surface area contributed by atoms with E-state index in [1.54, 1.807) is 4.68 Å². The van der Waals surface area contributed by atoms with Crippen molar-refractivity contribution in [1.29, 1.82) is 0 Å². The molecule has 3 aromatic rings. The summed E-state index contributed by atoms with van der Waals surface area (Å²) < 4.78 is 15.0. The predicted molar refractivity (Wildman–Crippen MR) is 153 cm³/mol. The maximum atomic E-state index is 10.3. The lowest BCUT2D eigenvalue weighted by molar-refractivity contribution is 0.0881. The van der Waals surface area contributed by atoms with Crippen LogP contribution < -0.4 is 9.47 Å². The Kier molecular flexibility index (Phi) is 10.5. The molecule has 7 nitrogen and oxygen atoms in total. The molecule has 35 heavy (non-hydrogen) atoms.